The Kier molecular flexibility index (Phi) is 3.66. The lowest BCUT2D eigenvalue weighted by Gasteiger charge is -2.36. The summed E-state index contributed by atoms with van der Waals surface area (Å²) >= 11 is 0. The second-order valence-corrected chi connectivity index (χ2v) is 5.65. The minimum absolute atomic E-state index is 0.446. The molecule has 1 aromatic carbocycles. The minimum Gasteiger partial charge on any atom is -0.497 e. The lowest BCUT2D eigenvalue weighted by molar-refractivity contribution is -0.145. The number of hydrogen-bond donors (Lipinski definition) is 1. The van der Waals surface area contributed by atoms with Gasteiger partial charge in [-0.15, -0.1) is 0 Å². The van der Waals surface area contributed by atoms with Crippen molar-refractivity contribution in [3.05, 3.63) is 17.7 Å². The highest BCUT2D eigenvalue weighted by Crippen LogP contribution is 2.49. The quantitative estimate of drug-likeness (QED) is 0.928. The van der Waals surface area contributed by atoms with Crippen LogP contribution in [0.1, 0.15) is 37.7 Å². The third kappa shape index (κ3) is 2.30. The third-order valence-electron chi connectivity index (χ3n) is 4.48. The van der Waals surface area contributed by atoms with Crippen LogP contribution in [-0.2, 0) is 10.2 Å². The fourth-order valence-electron chi connectivity index (χ4n) is 3.36. The zero-order valence-electron chi connectivity index (χ0n) is 12.2. The van der Waals surface area contributed by atoms with Gasteiger partial charge >= 0.3 is 5.97 Å². The van der Waals surface area contributed by atoms with Gasteiger partial charge in [0.1, 0.15) is 19.0 Å². The van der Waals surface area contributed by atoms with Gasteiger partial charge in [-0.2, -0.15) is 0 Å². The first-order chi connectivity index (χ1) is 10.2. The van der Waals surface area contributed by atoms with Gasteiger partial charge in [0, 0.05) is 11.6 Å². The molecule has 0 spiro atoms. The Balaban J connectivity index is 2.16. The summed E-state index contributed by atoms with van der Waals surface area (Å²) in [5.74, 6) is 0.987. The number of aliphatic carboxylic acids is 1. The number of ether oxygens (including phenoxy) is 3. The molecule has 0 saturated heterocycles. The summed E-state index contributed by atoms with van der Waals surface area (Å²) in [6.45, 7) is 0.918. The van der Waals surface area contributed by atoms with Crippen molar-refractivity contribution in [3.63, 3.8) is 0 Å². The topological polar surface area (TPSA) is 65.0 Å². The van der Waals surface area contributed by atoms with Crippen LogP contribution in [0.25, 0.3) is 0 Å². The van der Waals surface area contributed by atoms with E-state index in [0.29, 0.717) is 48.9 Å². The predicted octanol–water partition coefficient (Wildman–Crippen LogP) is 2.75. The molecule has 114 valence electrons. The summed E-state index contributed by atoms with van der Waals surface area (Å²) in [6, 6.07) is 3.56. The molecule has 0 amide bonds. The molecule has 1 saturated carbocycles. The van der Waals surface area contributed by atoms with Crippen LogP contribution in [0.4, 0.5) is 0 Å². The number of hydrogen-bond acceptors (Lipinski definition) is 4. The number of carboxylic acids is 1. The molecule has 0 bridgehead atoms. The van der Waals surface area contributed by atoms with Crippen molar-refractivity contribution in [1.82, 2.24) is 0 Å². The SMILES string of the molecule is COc1cc2c(c(C3(C(=O)O)CCCCC3)c1)OCCO2. The van der Waals surface area contributed by atoms with Gasteiger partial charge in [-0.05, 0) is 18.9 Å². The molecule has 2 aliphatic rings. The van der Waals surface area contributed by atoms with Crippen LogP contribution in [-0.4, -0.2) is 31.4 Å². The minimum atomic E-state index is -0.891. The molecule has 0 unspecified atom stereocenters. The van der Waals surface area contributed by atoms with E-state index in [1.165, 1.54) is 0 Å². The summed E-state index contributed by atoms with van der Waals surface area (Å²) in [5.41, 5.74) is -0.193. The van der Waals surface area contributed by atoms with Gasteiger partial charge in [0.2, 0.25) is 0 Å². The Morgan fingerprint density at radius 3 is 2.57 bits per heavy atom. The maximum absolute atomic E-state index is 12.0. The van der Waals surface area contributed by atoms with Crippen LogP contribution in [0.15, 0.2) is 12.1 Å². The van der Waals surface area contributed by atoms with Crippen molar-refractivity contribution < 1.29 is 24.1 Å². The van der Waals surface area contributed by atoms with Gasteiger partial charge in [0.15, 0.2) is 11.5 Å². The molecule has 1 aromatic rings. The van der Waals surface area contributed by atoms with Gasteiger partial charge in [-0.25, -0.2) is 0 Å². The first-order valence-corrected chi connectivity index (χ1v) is 7.39. The predicted molar refractivity (Wildman–Crippen MR) is 76.4 cm³/mol. The number of fused-ring (bicyclic) bond motifs is 1. The molecule has 1 aliphatic heterocycles. The molecule has 0 atom stereocenters. The van der Waals surface area contributed by atoms with Crippen LogP contribution in [0, 0.1) is 0 Å². The summed E-state index contributed by atoms with van der Waals surface area (Å²) in [6.07, 6.45) is 4.17. The molecule has 5 nitrogen and oxygen atoms in total. The average Bonchev–Trinajstić information content (AvgIpc) is 2.54. The van der Waals surface area contributed by atoms with Crippen LogP contribution >= 0.6 is 0 Å². The lowest BCUT2D eigenvalue weighted by Crippen LogP contribution is -2.38. The Morgan fingerprint density at radius 2 is 1.90 bits per heavy atom. The molecule has 3 rings (SSSR count). The van der Waals surface area contributed by atoms with Crippen molar-refractivity contribution in [2.45, 2.75) is 37.5 Å². The van der Waals surface area contributed by atoms with E-state index < -0.39 is 11.4 Å². The van der Waals surface area contributed by atoms with Crippen LogP contribution < -0.4 is 14.2 Å². The molecule has 21 heavy (non-hydrogen) atoms. The fourth-order valence-corrected chi connectivity index (χ4v) is 3.36. The molecule has 1 fully saturated rings. The van der Waals surface area contributed by atoms with Crippen LogP contribution in [0.3, 0.4) is 0 Å². The number of carboxylic acid groups (broad SMARTS) is 1. The third-order valence-corrected chi connectivity index (χ3v) is 4.48. The summed E-state index contributed by atoms with van der Waals surface area (Å²) in [4.78, 5) is 12.0. The maximum atomic E-state index is 12.0. The van der Waals surface area contributed by atoms with Crippen molar-refractivity contribution in [2.24, 2.45) is 0 Å². The Bertz CT molecular complexity index is 546. The van der Waals surface area contributed by atoms with E-state index in [9.17, 15) is 9.90 Å². The number of rotatable bonds is 3. The molecule has 0 radical (unpaired) electrons. The second-order valence-electron chi connectivity index (χ2n) is 5.65. The molecule has 0 aromatic heterocycles. The fraction of sp³-hybridized carbons (Fsp3) is 0.562. The summed E-state index contributed by atoms with van der Waals surface area (Å²) < 4.78 is 16.7. The van der Waals surface area contributed by atoms with Crippen LogP contribution in [0.5, 0.6) is 17.2 Å². The Labute approximate surface area is 123 Å². The first kappa shape index (κ1) is 14.0. The standard InChI is InChI=1S/C16H20O5/c1-19-11-9-12(14-13(10-11)20-7-8-21-14)16(15(17)18)5-3-2-4-6-16/h9-10H,2-8H2,1H3,(H,17,18). The van der Waals surface area contributed by atoms with E-state index in [4.69, 9.17) is 14.2 Å². The summed E-state index contributed by atoms with van der Waals surface area (Å²) in [5, 5.41) is 9.87. The smallest absolute Gasteiger partial charge is 0.314 e. The van der Waals surface area contributed by atoms with Gasteiger partial charge in [0.25, 0.3) is 0 Å². The average molecular weight is 292 g/mol. The summed E-state index contributed by atoms with van der Waals surface area (Å²) in [7, 11) is 1.57. The van der Waals surface area contributed by atoms with E-state index in [1.807, 2.05) is 0 Å². The Morgan fingerprint density at radius 1 is 1.19 bits per heavy atom. The molecule has 1 N–H and O–H groups in total. The zero-order valence-corrected chi connectivity index (χ0v) is 12.2. The van der Waals surface area contributed by atoms with Gasteiger partial charge in [-0.1, -0.05) is 19.3 Å². The monoisotopic (exact) mass is 292 g/mol. The number of benzene rings is 1. The van der Waals surface area contributed by atoms with Crippen LogP contribution in [0.2, 0.25) is 0 Å². The van der Waals surface area contributed by atoms with E-state index in [1.54, 1.807) is 19.2 Å². The van der Waals surface area contributed by atoms with E-state index in [0.717, 1.165) is 19.3 Å². The first-order valence-electron chi connectivity index (χ1n) is 7.39. The number of carbonyl (C=O) groups is 1. The highest BCUT2D eigenvalue weighted by Gasteiger charge is 2.44. The maximum Gasteiger partial charge on any atom is 0.314 e. The van der Waals surface area contributed by atoms with Gasteiger partial charge < -0.3 is 19.3 Å². The highest BCUT2D eigenvalue weighted by atomic mass is 16.6. The molecule has 1 heterocycles. The van der Waals surface area contributed by atoms with Crippen molar-refractivity contribution in [1.29, 1.82) is 0 Å². The van der Waals surface area contributed by atoms with Gasteiger partial charge in [0.05, 0.1) is 12.5 Å². The lowest BCUT2D eigenvalue weighted by atomic mass is 9.69. The molecule has 5 heteroatoms. The van der Waals surface area contributed by atoms with Crippen molar-refractivity contribution >= 4 is 5.97 Å². The van der Waals surface area contributed by atoms with E-state index >= 15 is 0 Å². The Hall–Kier alpha value is -1.91. The molecular weight excluding hydrogens is 272 g/mol. The molecular formula is C16H20O5. The highest BCUT2D eigenvalue weighted by molar-refractivity contribution is 5.83. The largest absolute Gasteiger partial charge is 0.497 e. The van der Waals surface area contributed by atoms with E-state index in [-0.39, 0.29) is 0 Å². The van der Waals surface area contributed by atoms with Crippen molar-refractivity contribution in [2.75, 3.05) is 20.3 Å². The number of methoxy groups -OCH3 is 1. The van der Waals surface area contributed by atoms with Gasteiger partial charge in [-0.3, -0.25) is 4.79 Å². The zero-order chi connectivity index (χ0) is 14.9. The molecule has 1 aliphatic carbocycles. The normalized spacial score (nSPS) is 19.9. The second kappa shape index (κ2) is 5.47. The van der Waals surface area contributed by atoms with Crippen molar-refractivity contribution in [3.8, 4) is 17.2 Å². The van der Waals surface area contributed by atoms with E-state index in [2.05, 4.69) is 0 Å².